The number of sulfone groups is 1. The maximum atomic E-state index is 12.6. The summed E-state index contributed by atoms with van der Waals surface area (Å²) in [6, 6.07) is 15.1. The summed E-state index contributed by atoms with van der Waals surface area (Å²) in [4.78, 5) is 17.7. The number of carbonyl (C=O) groups excluding carboxylic acids is 1. The highest BCUT2D eigenvalue weighted by molar-refractivity contribution is 7.91. The molecule has 6 heteroatoms. The van der Waals surface area contributed by atoms with Crippen molar-refractivity contribution in [1.29, 1.82) is 0 Å². The predicted molar refractivity (Wildman–Crippen MR) is 106 cm³/mol. The first kappa shape index (κ1) is 19.5. The average molecular weight is 387 g/mol. The summed E-state index contributed by atoms with van der Waals surface area (Å²) in [5.74, 6) is -0.0584. The number of rotatable bonds is 10. The summed E-state index contributed by atoms with van der Waals surface area (Å²) in [6.07, 6.45) is 6.82. The first-order valence-electron chi connectivity index (χ1n) is 9.51. The number of aryl methyl sites for hydroxylation is 1. The third-order valence-electron chi connectivity index (χ3n) is 4.95. The number of aromatic nitrogens is 1. The molecule has 1 saturated heterocycles. The van der Waals surface area contributed by atoms with Crippen LogP contribution in [0.1, 0.15) is 43.4 Å². The van der Waals surface area contributed by atoms with Gasteiger partial charge in [0, 0.05) is 18.4 Å². The van der Waals surface area contributed by atoms with Crippen LogP contribution >= 0.6 is 0 Å². The molecule has 0 spiro atoms. The number of amides is 1. The third-order valence-corrected chi connectivity index (χ3v) is 6.94. The van der Waals surface area contributed by atoms with Gasteiger partial charge in [0.1, 0.15) is 5.37 Å². The van der Waals surface area contributed by atoms with E-state index in [2.05, 4.69) is 4.98 Å². The Morgan fingerprint density at radius 3 is 2.41 bits per heavy atom. The van der Waals surface area contributed by atoms with Crippen molar-refractivity contribution in [1.82, 2.24) is 9.88 Å². The van der Waals surface area contributed by atoms with Crippen molar-refractivity contribution in [2.75, 3.05) is 6.54 Å². The average Bonchev–Trinajstić information content (AvgIpc) is 2.66. The molecular formula is C21H26N2O3S. The molecule has 144 valence electrons. The van der Waals surface area contributed by atoms with Gasteiger partial charge < -0.3 is 4.90 Å². The van der Waals surface area contributed by atoms with Crippen molar-refractivity contribution >= 4 is 15.7 Å². The van der Waals surface area contributed by atoms with Crippen LogP contribution in [-0.4, -0.2) is 36.1 Å². The van der Waals surface area contributed by atoms with Crippen molar-refractivity contribution in [3.8, 4) is 0 Å². The lowest BCUT2D eigenvalue weighted by atomic mass is 10.1. The van der Waals surface area contributed by atoms with E-state index in [0.29, 0.717) is 6.54 Å². The van der Waals surface area contributed by atoms with Gasteiger partial charge in [0.25, 0.3) is 0 Å². The molecule has 1 aliphatic rings. The second-order valence-corrected chi connectivity index (χ2v) is 9.18. The Hall–Kier alpha value is -2.21. The van der Waals surface area contributed by atoms with E-state index >= 15 is 0 Å². The van der Waals surface area contributed by atoms with Crippen LogP contribution in [0.5, 0.6) is 0 Å². The second kappa shape index (κ2) is 9.13. The highest BCUT2D eigenvalue weighted by Crippen LogP contribution is 2.27. The van der Waals surface area contributed by atoms with Gasteiger partial charge in [0.05, 0.1) is 12.2 Å². The molecule has 1 aliphatic heterocycles. The molecule has 1 aromatic heterocycles. The van der Waals surface area contributed by atoms with Gasteiger partial charge in [-0.15, -0.1) is 0 Å². The van der Waals surface area contributed by atoms with Gasteiger partial charge in [-0.1, -0.05) is 49.2 Å². The summed E-state index contributed by atoms with van der Waals surface area (Å²) in [5, 5.41) is -0.654. The second-order valence-electron chi connectivity index (χ2n) is 7.02. The van der Waals surface area contributed by atoms with Crippen molar-refractivity contribution in [2.45, 2.75) is 49.7 Å². The Morgan fingerprint density at radius 2 is 1.70 bits per heavy atom. The van der Waals surface area contributed by atoms with Crippen LogP contribution in [0.25, 0.3) is 0 Å². The highest BCUT2D eigenvalue weighted by atomic mass is 32.2. The SMILES string of the molecule is O=C1CC(S(=O)(=O)Cc2ccccc2)N1CCCCCCc1ccccn1. The lowest BCUT2D eigenvalue weighted by molar-refractivity contribution is -0.141. The van der Waals surface area contributed by atoms with Crippen LogP contribution in [-0.2, 0) is 26.8 Å². The number of likely N-dealkylation sites (tertiary alicyclic amines) is 1. The predicted octanol–water partition coefficient (Wildman–Crippen LogP) is 3.36. The molecule has 27 heavy (non-hydrogen) atoms. The van der Waals surface area contributed by atoms with Crippen LogP contribution < -0.4 is 0 Å². The Labute approximate surface area is 161 Å². The fourth-order valence-corrected chi connectivity index (χ4v) is 5.26. The lowest BCUT2D eigenvalue weighted by Crippen LogP contribution is -2.56. The Bertz CT molecular complexity index is 838. The number of hydrogen-bond acceptors (Lipinski definition) is 4. The van der Waals surface area contributed by atoms with Gasteiger partial charge in [-0.25, -0.2) is 8.42 Å². The molecule has 1 aromatic carbocycles. The summed E-state index contributed by atoms with van der Waals surface area (Å²) in [5.41, 5.74) is 1.87. The molecule has 2 heterocycles. The molecule has 0 saturated carbocycles. The van der Waals surface area contributed by atoms with E-state index in [1.54, 1.807) is 6.20 Å². The Morgan fingerprint density at radius 1 is 0.963 bits per heavy atom. The first-order chi connectivity index (χ1) is 13.1. The topological polar surface area (TPSA) is 67.3 Å². The molecule has 5 nitrogen and oxygen atoms in total. The minimum atomic E-state index is -3.35. The van der Waals surface area contributed by atoms with Crippen LogP contribution in [0, 0.1) is 0 Å². The van der Waals surface area contributed by atoms with Crippen LogP contribution in [0.2, 0.25) is 0 Å². The minimum Gasteiger partial charge on any atom is -0.325 e. The smallest absolute Gasteiger partial charge is 0.226 e. The molecule has 2 aromatic rings. The maximum absolute atomic E-state index is 12.6. The van der Waals surface area contributed by atoms with Crippen LogP contribution in [0.4, 0.5) is 0 Å². The molecule has 1 atom stereocenters. The van der Waals surface area contributed by atoms with E-state index < -0.39 is 15.2 Å². The van der Waals surface area contributed by atoms with Crippen molar-refractivity contribution < 1.29 is 13.2 Å². The van der Waals surface area contributed by atoms with E-state index in [9.17, 15) is 13.2 Å². The van der Waals surface area contributed by atoms with Gasteiger partial charge in [-0.3, -0.25) is 9.78 Å². The number of carbonyl (C=O) groups is 1. The number of pyridine rings is 1. The largest absolute Gasteiger partial charge is 0.325 e. The van der Waals surface area contributed by atoms with Crippen LogP contribution in [0.3, 0.4) is 0 Å². The van der Waals surface area contributed by atoms with Gasteiger partial charge in [0.2, 0.25) is 5.91 Å². The fraction of sp³-hybridized carbons (Fsp3) is 0.429. The van der Waals surface area contributed by atoms with E-state index in [4.69, 9.17) is 0 Å². The standard InChI is InChI=1S/C21H26N2O3S/c24-20-16-21(27(25,26)17-18-10-4-3-5-11-18)23(20)15-9-2-1-6-12-19-13-7-8-14-22-19/h3-5,7-8,10-11,13-14,21H,1-2,6,9,12,15-17H2. The number of benzene rings is 1. The van der Waals surface area contributed by atoms with E-state index in [1.165, 1.54) is 4.90 Å². The van der Waals surface area contributed by atoms with E-state index in [1.807, 2.05) is 48.5 Å². The first-order valence-corrected chi connectivity index (χ1v) is 11.2. The van der Waals surface area contributed by atoms with Crippen molar-refractivity contribution in [2.24, 2.45) is 0 Å². The molecule has 0 bridgehead atoms. The summed E-state index contributed by atoms with van der Waals surface area (Å²) < 4.78 is 25.3. The summed E-state index contributed by atoms with van der Waals surface area (Å²) in [6.45, 7) is 0.529. The summed E-state index contributed by atoms with van der Waals surface area (Å²) in [7, 11) is -3.35. The fourth-order valence-electron chi connectivity index (χ4n) is 3.41. The molecule has 1 fully saturated rings. The molecule has 0 radical (unpaired) electrons. The summed E-state index contributed by atoms with van der Waals surface area (Å²) >= 11 is 0. The van der Waals surface area contributed by atoms with E-state index in [0.717, 1.165) is 43.4 Å². The monoisotopic (exact) mass is 386 g/mol. The normalized spacial score (nSPS) is 17.0. The van der Waals surface area contributed by atoms with Crippen molar-refractivity contribution in [3.05, 3.63) is 66.0 Å². The molecule has 3 rings (SSSR count). The van der Waals surface area contributed by atoms with E-state index in [-0.39, 0.29) is 18.1 Å². The molecular weight excluding hydrogens is 360 g/mol. The number of β-lactam (4-membered cyclic amide) rings is 1. The number of unbranched alkanes of at least 4 members (excludes halogenated alkanes) is 3. The van der Waals surface area contributed by atoms with Gasteiger partial charge in [-0.2, -0.15) is 0 Å². The molecule has 1 amide bonds. The zero-order valence-electron chi connectivity index (χ0n) is 15.5. The number of nitrogens with zero attached hydrogens (tertiary/aromatic N) is 2. The van der Waals surface area contributed by atoms with Crippen LogP contribution in [0.15, 0.2) is 54.7 Å². The maximum Gasteiger partial charge on any atom is 0.226 e. The van der Waals surface area contributed by atoms with Gasteiger partial charge >= 0.3 is 0 Å². The third kappa shape index (κ3) is 5.39. The zero-order chi connectivity index (χ0) is 19.1. The lowest BCUT2D eigenvalue weighted by Gasteiger charge is -2.39. The Balaban J connectivity index is 1.40. The quantitative estimate of drug-likeness (QED) is 0.464. The number of hydrogen-bond donors (Lipinski definition) is 0. The molecule has 0 N–H and O–H groups in total. The minimum absolute atomic E-state index is 0.00758. The molecule has 0 aliphatic carbocycles. The molecule has 1 unspecified atom stereocenters. The zero-order valence-corrected chi connectivity index (χ0v) is 16.3. The van der Waals surface area contributed by atoms with Gasteiger partial charge in [-0.05, 0) is 37.0 Å². The van der Waals surface area contributed by atoms with Gasteiger partial charge in [0.15, 0.2) is 9.84 Å². The Kier molecular flexibility index (Phi) is 6.61. The highest BCUT2D eigenvalue weighted by Gasteiger charge is 2.44. The van der Waals surface area contributed by atoms with Crippen molar-refractivity contribution in [3.63, 3.8) is 0 Å².